The lowest BCUT2D eigenvalue weighted by molar-refractivity contribution is 0.460. The minimum absolute atomic E-state index is 0.00484. The average molecular weight is 482 g/mol. The predicted octanol–water partition coefficient (Wildman–Crippen LogP) is 5.19. The van der Waals surface area contributed by atoms with Crippen molar-refractivity contribution in [2.24, 2.45) is 0 Å². The number of benzene rings is 1. The molecule has 2 N–H and O–H groups in total. The van der Waals surface area contributed by atoms with Crippen LogP contribution in [0.2, 0.25) is 0 Å². The van der Waals surface area contributed by atoms with Gasteiger partial charge in [-0.25, -0.2) is 4.98 Å². The molecule has 0 bridgehead atoms. The Morgan fingerprint density at radius 3 is 2.48 bits per heavy atom. The summed E-state index contributed by atoms with van der Waals surface area (Å²) >= 11 is 3.45. The largest absolute Gasteiger partial charge is 0.324 e. The molecular weight excluding hydrogens is 454 g/mol. The van der Waals surface area contributed by atoms with Gasteiger partial charge in [0.2, 0.25) is 5.95 Å². The van der Waals surface area contributed by atoms with Crippen LogP contribution in [-0.4, -0.2) is 27.6 Å². The topological polar surface area (TPSA) is 71.8 Å². The summed E-state index contributed by atoms with van der Waals surface area (Å²) in [5.74, 6) is 1.17. The highest BCUT2D eigenvalue weighted by atomic mass is 79.9. The van der Waals surface area contributed by atoms with Gasteiger partial charge in [0, 0.05) is 17.1 Å². The first-order valence-corrected chi connectivity index (χ1v) is 12.1. The van der Waals surface area contributed by atoms with Gasteiger partial charge in [-0.2, -0.15) is 4.98 Å². The predicted molar refractivity (Wildman–Crippen MR) is 128 cm³/mol. The zero-order valence-corrected chi connectivity index (χ0v) is 19.4. The molecule has 3 heterocycles. The number of aromatic nitrogens is 3. The van der Waals surface area contributed by atoms with Crippen molar-refractivity contribution in [2.45, 2.75) is 57.4 Å². The lowest BCUT2D eigenvalue weighted by Crippen LogP contribution is -2.26. The zero-order chi connectivity index (χ0) is 21.4. The van der Waals surface area contributed by atoms with E-state index in [0.29, 0.717) is 16.3 Å². The molecule has 1 aliphatic heterocycles. The van der Waals surface area contributed by atoms with Crippen molar-refractivity contribution in [2.75, 3.05) is 18.4 Å². The zero-order valence-electron chi connectivity index (χ0n) is 17.8. The summed E-state index contributed by atoms with van der Waals surface area (Å²) in [4.78, 5) is 22.5. The lowest BCUT2D eigenvalue weighted by Gasteiger charge is -2.23. The van der Waals surface area contributed by atoms with E-state index in [1.165, 1.54) is 18.4 Å². The van der Waals surface area contributed by atoms with Crippen molar-refractivity contribution in [1.29, 1.82) is 0 Å². The first-order chi connectivity index (χ1) is 15.1. The van der Waals surface area contributed by atoms with Crippen LogP contribution in [0, 0.1) is 6.92 Å². The number of nitrogens with one attached hydrogen (secondary N) is 2. The Bertz CT molecular complexity index is 1150. The van der Waals surface area contributed by atoms with Crippen molar-refractivity contribution in [3.63, 3.8) is 0 Å². The van der Waals surface area contributed by atoms with E-state index in [0.717, 1.165) is 61.2 Å². The third kappa shape index (κ3) is 4.13. The van der Waals surface area contributed by atoms with E-state index in [2.05, 4.69) is 55.8 Å². The van der Waals surface area contributed by atoms with Gasteiger partial charge in [0.15, 0.2) is 0 Å². The van der Waals surface area contributed by atoms with Crippen LogP contribution in [0.1, 0.15) is 61.7 Å². The molecule has 1 aliphatic carbocycles. The summed E-state index contributed by atoms with van der Waals surface area (Å²) in [5.41, 5.74) is 3.94. The van der Waals surface area contributed by atoms with Crippen LogP contribution in [-0.2, 0) is 0 Å². The number of rotatable bonds is 4. The van der Waals surface area contributed by atoms with Gasteiger partial charge in [0.05, 0.1) is 10.2 Å². The van der Waals surface area contributed by atoms with E-state index in [9.17, 15) is 4.79 Å². The Morgan fingerprint density at radius 2 is 1.77 bits per heavy atom. The van der Waals surface area contributed by atoms with Crippen LogP contribution >= 0.6 is 15.9 Å². The maximum atomic E-state index is 13.0. The Labute approximate surface area is 190 Å². The molecule has 31 heavy (non-hydrogen) atoms. The van der Waals surface area contributed by atoms with Gasteiger partial charge >= 0.3 is 0 Å². The molecule has 6 nitrogen and oxygen atoms in total. The average Bonchev–Trinajstić information content (AvgIpc) is 3.31. The van der Waals surface area contributed by atoms with Crippen LogP contribution in [0.15, 0.2) is 39.6 Å². The molecule has 5 rings (SSSR count). The molecule has 0 radical (unpaired) electrons. The van der Waals surface area contributed by atoms with E-state index >= 15 is 0 Å². The second-order valence-electron chi connectivity index (χ2n) is 8.75. The molecular formula is C24H28BrN5O. The van der Waals surface area contributed by atoms with Crippen molar-refractivity contribution in [1.82, 2.24) is 19.9 Å². The van der Waals surface area contributed by atoms with E-state index in [1.807, 2.05) is 17.6 Å². The number of piperidine rings is 1. The molecule has 0 atom stereocenters. The van der Waals surface area contributed by atoms with Crippen LogP contribution in [0.5, 0.6) is 0 Å². The Hall–Kier alpha value is -2.25. The highest BCUT2D eigenvalue weighted by Crippen LogP contribution is 2.32. The molecule has 2 aromatic heterocycles. The monoisotopic (exact) mass is 481 g/mol. The molecule has 2 fully saturated rings. The third-order valence-corrected chi connectivity index (χ3v) is 7.27. The second kappa shape index (κ2) is 8.71. The molecule has 2 aliphatic rings. The Kier molecular flexibility index (Phi) is 5.80. The number of pyridine rings is 1. The van der Waals surface area contributed by atoms with Crippen molar-refractivity contribution in [3.05, 3.63) is 56.4 Å². The van der Waals surface area contributed by atoms with Crippen molar-refractivity contribution >= 4 is 38.6 Å². The van der Waals surface area contributed by atoms with Crippen molar-refractivity contribution < 1.29 is 0 Å². The first-order valence-electron chi connectivity index (χ1n) is 11.3. The summed E-state index contributed by atoms with van der Waals surface area (Å²) in [6.07, 6.45) is 6.74. The summed E-state index contributed by atoms with van der Waals surface area (Å²) in [6, 6.07) is 10.7. The van der Waals surface area contributed by atoms with Gasteiger partial charge in [-0.3, -0.25) is 9.36 Å². The van der Waals surface area contributed by atoms with E-state index < -0.39 is 0 Å². The Balaban J connectivity index is 1.48. The van der Waals surface area contributed by atoms with E-state index in [-0.39, 0.29) is 11.6 Å². The molecule has 1 aromatic carbocycles. The Morgan fingerprint density at radius 1 is 1.06 bits per heavy atom. The number of halogens is 1. The molecule has 0 amide bonds. The molecule has 162 valence electrons. The summed E-state index contributed by atoms with van der Waals surface area (Å²) < 4.78 is 2.46. The van der Waals surface area contributed by atoms with Gasteiger partial charge in [0.25, 0.3) is 5.56 Å². The first kappa shape index (κ1) is 20.6. The van der Waals surface area contributed by atoms with E-state index in [4.69, 9.17) is 4.98 Å². The summed E-state index contributed by atoms with van der Waals surface area (Å²) in [6.45, 7) is 4.16. The maximum absolute atomic E-state index is 13.0. The van der Waals surface area contributed by atoms with Crippen LogP contribution in [0.3, 0.4) is 0 Å². The number of fused-ring (bicyclic) bond motifs is 1. The van der Waals surface area contributed by atoms with E-state index in [1.54, 1.807) is 0 Å². The molecule has 1 saturated heterocycles. The van der Waals surface area contributed by atoms with Gasteiger partial charge in [0.1, 0.15) is 5.65 Å². The molecule has 0 spiro atoms. The highest BCUT2D eigenvalue weighted by molar-refractivity contribution is 9.10. The summed E-state index contributed by atoms with van der Waals surface area (Å²) in [5, 5.41) is 7.70. The van der Waals surface area contributed by atoms with Crippen LogP contribution in [0.25, 0.3) is 11.0 Å². The quantitative estimate of drug-likeness (QED) is 0.536. The van der Waals surface area contributed by atoms with Gasteiger partial charge in [-0.1, -0.05) is 25.0 Å². The molecule has 1 saturated carbocycles. The van der Waals surface area contributed by atoms with Gasteiger partial charge in [-0.05, 0) is 91.3 Å². The minimum atomic E-state index is -0.00484. The molecule has 7 heteroatoms. The number of nitrogens with zero attached hydrogens (tertiary/aromatic N) is 3. The number of aryl methyl sites for hydroxylation is 1. The molecule has 3 aromatic rings. The van der Waals surface area contributed by atoms with Crippen LogP contribution < -0.4 is 16.2 Å². The van der Waals surface area contributed by atoms with Gasteiger partial charge < -0.3 is 10.6 Å². The highest BCUT2D eigenvalue weighted by Gasteiger charge is 2.23. The smallest absolute Gasteiger partial charge is 0.266 e. The number of hydrogen-bond acceptors (Lipinski definition) is 5. The molecule has 0 unspecified atom stereocenters. The fourth-order valence-corrected chi connectivity index (χ4v) is 5.42. The number of hydrogen-bond donors (Lipinski definition) is 2. The fourth-order valence-electron chi connectivity index (χ4n) is 5.00. The standard InChI is InChI=1S/C24H28BrN5O/c1-15-20-14-21(25)23(31)30(19-4-2-3-5-19)22(20)29-24(27-15)28-18-8-6-16(7-9-18)17-10-12-26-13-11-17/h6-9,14,17,19,26H,2-5,10-13H2,1H3,(H,27,28,29). The fraction of sp³-hybridized carbons (Fsp3) is 0.458. The summed E-state index contributed by atoms with van der Waals surface area (Å²) in [7, 11) is 0. The third-order valence-electron chi connectivity index (χ3n) is 6.71. The maximum Gasteiger partial charge on any atom is 0.266 e. The normalized spacial score (nSPS) is 18.0. The van der Waals surface area contributed by atoms with Gasteiger partial charge in [-0.15, -0.1) is 0 Å². The van der Waals surface area contributed by atoms with Crippen LogP contribution in [0.4, 0.5) is 11.6 Å². The minimum Gasteiger partial charge on any atom is -0.324 e. The second-order valence-corrected chi connectivity index (χ2v) is 9.60. The van der Waals surface area contributed by atoms with Crippen molar-refractivity contribution in [3.8, 4) is 0 Å². The SMILES string of the molecule is Cc1nc(Nc2ccc(C3CCNCC3)cc2)nc2c1cc(Br)c(=O)n2C1CCCC1. The lowest BCUT2D eigenvalue weighted by atomic mass is 9.90. The number of anilines is 2.